The molecule has 3 aromatic rings. The third kappa shape index (κ3) is 5.32. The third-order valence-electron chi connectivity index (χ3n) is 3.33. The van der Waals surface area contributed by atoms with Crippen LogP contribution in [-0.4, -0.2) is 31.3 Å². The fraction of sp³-hybridized carbons (Fsp3) is 0.263. The number of hydrogen-bond donors (Lipinski definition) is 0. The van der Waals surface area contributed by atoms with Crippen LogP contribution >= 0.6 is 23.5 Å². The first kappa shape index (κ1) is 20.3. The Morgan fingerprint density at radius 2 is 1.82 bits per heavy atom. The van der Waals surface area contributed by atoms with Gasteiger partial charge in [0.1, 0.15) is 22.8 Å². The van der Waals surface area contributed by atoms with Crippen molar-refractivity contribution >= 4 is 29.5 Å². The monoisotopic (exact) mass is 418 g/mol. The molecule has 0 aliphatic rings. The molecular weight excluding hydrogens is 399 g/mol. The van der Waals surface area contributed by atoms with Gasteiger partial charge in [-0.25, -0.2) is 14.2 Å². The van der Waals surface area contributed by atoms with Crippen LogP contribution in [0.3, 0.4) is 0 Å². The minimum absolute atomic E-state index is 0.205. The zero-order valence-corrected chi connectivity index (χ0v) is 17.5. The van der Waals surface area contributed by atoms with E-state index in [-0.39, 0.29) is 11.5 Å². The molecule has 0 bridgehead atoms. The average molecular weight is 419 g/mol. The topological polar surface area (TPSA) is 69.9 Å². The second-order valence-corrected chi connectivity index (χ2v) is 8.98. The van der Waals surface area contributed by atoms with Gasteiger partial charge in [0.15, 0.2) is 10.9 Å². The molecule has 0 saturated carbocycles. The van der Waals surface area contributed by atoms with Gasteiger partial charge in [-0.05, 0) is 68.9 Å². The molecule has 2 aromatic heterocycles. The highest BCUT2D eigenvalue weighted by Gasteiger charge is 2.23. The zero-order chi connectivity index (χ0) is 20.3. The molecule has 6 nitrogen and oxygen atoms in total. The highest BCUT2D eigenvalue weighted by Crippen LogP contribution is 2.33. The van der Waals surface area contributed by atoms with E-state index in [1.807, 2.05) is 7.05 Å². The Balaban J connectivity index is 1.94. The predicted molar refractivity (Wildman–Crippen MR) is 105 cm³/mol. The first-order valence-electron chi connectivity index (χ1n) is 8.41. The van der Waals surface area contributed by atoms with Gasteiger partial charge in [-0.1, -0.05) is 11.8 Å². The van der Waals surface area contributed by atoms with E-state index in [9.17, 15) is 9.18 Å². The molecule has 0 atom stereocenters. The molecular formula is C19H19FN4O2S2. The summed E-state index contributed by atoms with van der Waals surface area (Å²) in [6.45, 7) is 5.40. The zero-order valence-electron chi connectivity index (χ0n) is 15.8. The fourth-order valence-electron chi connectivity index (χ4n) is 2.13. The summed E-state index contributed by atoms with van der Waals surface area (Å²) < 4.78 is 20.5. The average Bonchev–Trinajstić information content (AvgIpc) is 3.01. The Morgan fingerprint density at radius 3 is 2.43 bits per heavy atom. The SMILES string of the molecule is Cn1cnnc1Sc1ccc(Sc2ccc(F)cc2)c(C(=O)OC(C)(C)C)n1. The van der Waals surface area contributed by atoms with Gasteiger partial charge >= 0.3 is 5.97 Å². The molecule has 2 heterocycles. The lowest BCUT2D eigenvalue weighted by Gasteiger charge is -2.20. The van der Waals surface area contributed by atoms with Crippen LogP contribution in [0.4, 0.5) is 4.39 Å². The summed E-state index contributed by atoms with van der Waals surface area (Å²) in [5.41, 5.74) is -0.444. The van der Waals surface area contributed by atoms with E-state index >= 15 is 0 Å². The molecule has 0 saturated heterocycles. The Hall–Kier alpha value is -2.39. The van der Waals surface area contributed by atoms with Crippen LogP contribution in [0.25, 0.3) is 0 Å². The number of benzene rings is 1. The van der Waals surface area contributed by atoms with Crippen molar-refractivity contribution in [2.45, 2.75) is 46.3 Å². The summed E-state index contributed by atoms with van der Waals surface area (Å²) in [7, 11) is 1.83. The molecule has 146 valence electrons. The molecule has 0 amide bonds. The van der Waals surface area contributed by atoms with Crippen LogP contribution in [0.5, 0.6) is 0 Å². The van der Waals surface area contributed by atoms with E-state index in [4.69, 9.17) is 4.74 Å². The number of hydrogen-bond acceptors (Lipinski definition) is 7. The van der Waals surface area contributed by atoms with Crippen molar-refractivity contribution in [1.82, 2.24) is 19.7 Å². The van der Waals surface area contributed by atoms with Crippen molar-refractivity contribution in [2.24, 2.45) is 7.05 Å². The number of ether oxygens (including phenoxy) is 1. The second-order valence-electron chi connectivity index (χ2n) is 6.88. The van der Waals surface area contributed by atoms with Crippen LogP contribution in [-0.2, 0) is 11.8 Å². The number of esters is 1. The van der Waals surface area contributed by atoms with Crippen LogP contribution < -0.4 is 0 Å². The van der Waals surface area contributed by atoms with Crippen molar-refractivity contribution in [2.75, 3.05) is 0 Å². The van der Waals surface area contributed by atoms with Gasteiger partial charge in [0.25, 0.3) is 0 Å². The Kier molecular flexibility index (Phi) is 6.04. The van der Waals surface area contributed by atoms with E-state index in [0.29, 0.717) is 15.1 Å². The summed E-state index contributed by atoms with van der Waals surface area (Å²) in [5, 5.41) is 9.12. The Morgan fingerprint density at radius 1 is 1.11 bits per heavy atom. The normalized spacial score (nSPS) is 11.5. The van der Waals surface area contributed by atoms with Gasteiger partial charge < -0.3 is 9.30 Å². The number of nitrogens with zero attached hydrogens (tertiary/aromatic N) is 4. The number of halogens is 1. The number of rotatable bonds is 5. The van der Waals surface area contributed by atoms with Gasteiger partial charge in [-0.3, -0.25) is 0 Å². The minimum Gasteiger partial charge on any atom is -0.455 e. The quantitative estimate of drug-likeness (QED) is 0.561. The third-order valence-corrected chi connectivity index (χ3v) is 5.38. The predicted octanol–water partition coefficient (Wildman–Crippen LogP) is 4.61. The van der Waals surface area contributed by atoms with E-state index in [0.717, 1.165) is 4.90 Å². The highest BCUT2D eigenvalue weighted by molar-refractivity contribution is 7.99. The summed E-state index contributed by atoms with van der Waals surface area (Å²) in [6, 6.07) is 9.67. The van der Waals surface area contributed by atoms with Crippen molar-refractivity contribution in [3.8, 4) is 0 Å². The number of carbonyl (C=O) groups excluding carboxylic acids is 1. The van der Waals surface area contributed by atoms with Crippen molar-refractivity contribution in [3.05, 3.63) is 54.2 Å². The highest BCUT2D eigenvalue weighted by atomic mass is 32.2. The second kappa shape index (κ2) is 8.32. The van der Waals surface area contributed by atoms with Crippen molar-refractivity contribution in [3.63, 3.8) is 0 Å². The minimum atomic E-state index is -0.649. The summed E-state index contributed by atoms with van der Waals surface area (Å²) >= 11 is 2.62. The molecule has 0 radical (unpaired) electrons. The summed E-state index contributed by atoms with van der Waals surface area (Å²) in [4.78, 5) is 18.7. The molecule has 3 rings (SSSR count). The van der Waals surface area contributed by atoms with Gasteiger partial charge in [0.2, 0.25) is 0 Å². The van der Waals surface area contributed by atoms with Crippen molar-refractivity contribution in [1.29, 1.82) is 0 Å². The number of pyridine rings is 1. The number of carbonyl (C=O) groups is 1. The van der Waals surface area contributed by atoms with Crippen LogP contribution in [0.15, 0.2) is 62.7 Å². The molecule has 0 N–H and O–H groups in total. The number of aryl methyl sites for hydroxylation is 1. The fourth-order valence-corrected chi connectivity index (χ4v) is 3.76. The Labute approximate surface area is 170 Å². The lowest BCUT2D eigenvalue weighted by molar-refractivity contribution is 0.00576. The van der Waals surface area contributed by atoms with Crippen molar-refractivity contribution < 1.29 is 13.9 Å². The molecule has 0 spiro atoms. The van der Waals surface area contributed by atoms with Gasteiger partial charge in [0, 0.05) is 16.8 Å². The van der Waals surface area contributed by atoms with E-state index < -0.39 is 11.6 Å². The van der Waals surface area contributed by atoms with Crippen LogP contribution in [0, 0.1) is 5.82 Å². The largest absolute Gasteiger partial charge is 0.455 e. The van der Waals surface area contributed by atoms with Crippen LogP contribution in [0.1, 0.15) is 31.3 Å². The maximum Gasteiger partial charge on any atom is 0.358 e. The maximum atomic E-state index is 13.2. The van der Waals surface area contributed by atoms with Gasteiger partial charge in [0.05, 0.1) is 0 Å². The van der Waals surface area contributed by atoms with Gasteiger partial charge in [-0.15, -0.1) is 10.2 Å². The molecule has 9 heteroatoms. The smallest absolute Gasteiger partial charge is 0.358 e. The van der Waals surface area contributed by atoms with E-state index in [1.165, 1.54) is 35.7 Å². The number of aromatic nitrogens is 4. The molecule has 0 fully saturated rings. The van der Waals surface area contributed by atoms with E-state index in [2.05, 4.69) is 15.2 Å². The lowest BCUT2D eigenvalue weighted by Crippen LogP contribution is -2.25. The first-order chi connectivity index (χ1) is 13.2. The summed E-state index contributed by atoms with van der Waals surface area (Å²) in [6.07, 6.45) is 1.59. The molecule has 28 heavy (non-hydrogen) atoms. The first-order valence-corrected chi connectivity index (χ1v) is 10.0. The van der Waals surface area contributed by atoms with E-state index in [1.54, 1.807) is 55.9 Å². The molecule has 0 unspecified atom stereocenters. The molecule has 1 aromatic carbocycles. The lowest BCUT2D eigenvalue weighted by atomic mass is 10.2. The molecule has 0 aliphatic heterocycles. The standard InChI is InChI=1S/C19H19FN4O2S2/c1-19(2,3)26-17(25)16-14(27-13-7-5-12(20)6-8-13)9-10-15(22-16)28-18-23-21-11-24(18)4/h5-11H,1-4H3. The Bertz CT molecular complexity index is 984. The van der Waals surface area contributed by atoms with Gasteiger partial charge in [-0.2, -0.15) is 0 Å². The molecule has 0 aliphatic carbocycles. The maximum absolute atomic E-state index is 13.2. The summed E-state index contributed by atoms with van der Waals surface area (Å²) in [5.74, 6) is -0.831. The van der Waals surface area contributed by atoms with Crippen LogP contribution in [0.2, 0.25) is 0 Å².